The highest BCUT2D eigenvalue weighted by atomic mass is 32.7. The molecule has 1 saturated heterocycles. The molecule has 13 heavy (non-hydrogen) atoms. The second-order valence-electron chi connectivity index (χ2n) is 2.96. The summed E-state index contributed by atoms with van der Waals surface area (Å²) in [4.78, 5) is 0. The van der Waals surface area contributed by atoms with Crippen molar-refractivity contribution >= 4 is 74.8 Å². The maximum absolute atomic E-state index is 3.05. The molecule has 1 aliphatic rings. The molecule has 9 unspecified atom stereocenters. The SMILES string of the molecule is PPC1C(P(P)P)CCP1P(P)P. The van der Waals surface area contributed by atoms with Gasteiger partial charge in [0, 0.05) is 5.40 Å². The van der Waals surface area contributed by atoms with Crippen molar-refractivity contribution in [3.05, 3.63) is 0 Å². The third kappa shape index (κ3) is 4.23. The molecular weight excluding hydrogens is 327 g/mol. The van der Waals surface area contributed by atoms with E-state index in [1.165, 1.54) is 12.6 Å². The van der Waals surface area contributed by atoms with E-state index < -0.39 is 0 Å². The molecule has 0 aromatic carbocycles. The third-order valence-corrected chi connectivity index (χ3v) is 21.8. The predicted molar refractivity (Wildman–Crippen MR) is 94.7 cm³/mol. The molecule has 0 aliphatic carbocycles. The Hall–Kier alpha value is 3.87. The van der Waals surface area contributed by atoms with Crippen molar-refractivity contribution in [2.24, 2.45) is 0 Å². The van der Waals surface area contributed by atoms with E-state index in [-0.39, 0.29) is 14.3 Å². The molecule has 0 amide bonds. The summed E-state index contributed by atoms with van der Waals surface area (Å²) >= 11 is 0. The van der Waals surface area contributed by atoms with Gasteiger partial charge >= 0.3 is 0 Å². The lowest BCUT2D eigenvalue weighted by molar-refractivity contribution is 0.943. The van der Waals surface area contributed by atoms with E-state index in [1.807, 2.05) is 0 Å². The Balaban J connectivity index is 2.63. The van der Waals surface area contributed by atoms with Crippen LogP contribution < -0.4 is 0 Å². The van der Waals surface area contributed by atoms with Crippen molar-refractivity contribution in [3.63, 3.8) is 0 Å². The lowest BCUT2D eigenvalue weighted by Gasteiger charge is -2.28. The minimum atomic E-state index is 0.137. The molecule has 1 heterocycles. The highest BCUT2D eigenvalue weighted by molar-refractivity contribution is 8.73. The molecule has 1 fully saturated rings. The van der Waals surface area contributed by atoms with Crippen molar-refractivity contribution in [2.75, 3.05) is 6.16 Å². The van der Waals surface area contributed by atoms with Crippen molar-refractivity contribution in [2.45, 2.75) is 17.5 Å². The second kappa shape index (κ2) is 7.34. The molecule has 0 aromatic rings. The van der Waals surface area contributed by atoms with Gasteiger partial charge in [0.15, 0.2) is 0 Å². The van der Waals surface area contributed by atoms with Crippen LogP contribution in [0.15, 0.2) is 0 Å². The van der Waals surface area contributed by atoms with Crippen LogP contribution in [0.25, 0.3) is 0 Å². The Labute approximate surface area is 98.3 Å². The Morgan fingerprint density at radius 2 is 1.85 bits per heavy atom. The first-order valence-electron chi connectivity index (χ1n) is 3.88. The summed E-state index contributed by atoms with van der Waals surface area (Å²) in [5, 5.41) is 1.04. The first-order valence-corrected chi connectivity index (χ1v) is 18.3. The van der Waals surface area contributed by atoms with Gasteiger partial charge in [-0.1, -0.05) is 23.2 Å². The molecule has 1 rings (SSSR count). The van der Waals surface area contributed by atoms with Crippen LogP contribution in [-0.2, 0) is 0 Å². The molecule has 0 N–H and O–H groups in total. The topological polar surface area (TPSA) is 0 Å². The first-order chi connectivity index (χ1) is 6.07. The van der Waals surface area contributed by atoms with Crippen LogP contribution in [0, 0.1) is 0 Å². The second-order valence-corrected chi connectivity index (χ2v) is 25.6. The lowest BCUT2D eigenvalue weighted by Crippen LogP contribution is -2.06. The highest BCUT2D eigenvalue weighted by Crippen LogP contribution is 2.88. The van der Waals surface area contributed by atoms with Gasteiger partial charge < -0.3 is 0 Å². The molecule has 0 nitrogen and oxygen atoms in total. The van der Waals surface area contributed by atoms with E-state index >= 15 is 0 Å². The smallest absolute Gasteiger partial charge is 0.0119 e. The van der Waals surface area contributed by atoms with Crippen molar-refractivity contribution < 1.29 is 0 Å². The van der Waals surface area contributed by atoms with E-state index in [9.17, 15) is 0 Å². The zero-order chi connectivity index (χ0) is 10.0. The Bertz CT molecular complexity index is 142. The van der Waals surface area contributed by atoms with Crippen LogP contribution in [-0.4, -0.2) is 17.2 Å². The van der Waals surface area contributed by atoms with Crippen LogP contribution in [0.1, 0.15) is 6.42 Å². The quantitative estimate of drug-likeness (QED) is 0.627. The molecular formula is C4H17P9. The number of hydrogen-bond acceptors (Lipinski definition) is 0. The average Bonchev–Trinajstić information content (AvgIpc) is 2.46. The summed E-state index contributed by atoms with van der Waals surface area (Å²) in [6.07, 6.45) is 3.00. The fourth-order valence-electron chi connectivity index (χ4n) is 1.53. The molecule has 0 spiro atoms. The minimum absolute atomic E-state index is 0.137. The molecule has 78 valence electrons. The van der Waals surface area contributed by atoms with E-state index in [2.05, 4.69) is 44.6 Å². The zero-order valence-corrected chi connectivity index (χ0v) is 16.8. The molecule has 9 atom stereocenters. The van der Waals surface area contributed by atoms with Crippen LogP contribution >= 0.6 is 74.8 Å². The molecule has 0 radical (unpaired) electrons. The summed E-state index contributed by atoms with van der Waals surface area (Å²) in [6, 6.07) is 0. The van der Waals surface area contributed by atoms with Gasteiger partial charge in [0.05, 0.1) is 0 Å². The highest BCUT2D eigenvalue weighted by Gasteiger charge is 2.38. The van der Waals surface area contributed by atoms with Crippen molar-refractivity contribution in [1.29, 1.82) is 0 Å². The largest absolute Gasteiger partial charge is 0.114 e. The van der Waals surface area contributed by atoms with Gasteiger partial charge in [-0.05, 0) is 25.2 Å². The minimum Gasteiger partial charge on any atom is -0.114 e. The number of rotatable bonds is 3. The maximum Gasteiger partial charge on any atom is 0.0119 e. The fourth-order valence-corrected chi connectivity index (χ4v) is 26.9. The summed E-state index contributed by atoms with van der Waals surface area (Å²) in [5.74, 6) is 0. The van der Waals surface area contributed by atoms with E-state index in [1.54, 1.807) is 0 Å². The molecule has 0 saturated carbocycles. The monoisotopic (exact) mass is 344 g/mol. The zero-order valence-electron chi connectivity index (χ0n) is 7.30. The average molecular weight is 344 g/mol. The van der Waals surface area contributed by atoms with Crippen molar-refractivity contribution in [1.82, 2.24) is 0 Å². The van der Waals surface area contributed by atoms with Gasteiger partial charge in [-0.2, -0.15) is 0 Å². The molecule has 0 bridgehead atoms. The normalized spacial score (nSPS) is 35.8. The Morgan fingerprint density at radius 1 is 1.23 bits per heavy atom. The fraction of sp³-hybridized carbons (Fsp3) is 1.00. The summed E-state index contributed by atoms with van der Waals surface area (Å²) in [5.41, 5.74) is 1.01. The number of hydrogen-bond donors (Lipinski definition) is 0. The Morgan fingerprint density at radius 3 is 2.23 bits per heavy atom. The van der Waals surface area contributed by atoms with Gasteiger partial charge in [0.2, 0.25) is 0 Å². The van der Waals surface area contributed by atoms with Crippen LogP contribution in [0.3, 0.4) is 0 Å². The van der Waals surface area contributed by atoms with E-state index in [0.29, 0.717) is 7.61 Å². The van der Waals surface area contributed by atoms with Crippen LogP contribution in [0.2, 0.25) is 0 Å². The van der Waals surface area contributed by atoms with Crippen molar-refractivity contribution in [3.8, 4) is 0 Å². The van der Waals surface area contributed by atoms with Gasteiger partial charge in [-0.25, -0.2) is 0 Å². The Kier molecular flexibility index (Phi) is 8.43. The third-order valence-electron chi connectivity index (χ3n) is 2.19. The van der Waals surface area contributed by atoms with Gasteiger partial charge in [0.25, 0.3) is 0 Å². The summed E-state index contributed by atoms with van der Waals surface area (Å²) < 4.78 is 0. The summed E-state index contributed by atoms with van der Waals surface area (Å²) in [7, 11) is 16.7. The van der Waals surface area contributed by atoms with Gasteiger partial charge in [-0.15, -0.1) is 44.6 Å². The maximum atomic E-state index is 3.05. The lowest BCUT2D eigenvalue weighted by atomic mass is 10.4. The molecule has 0 aromatic heterocycles. The molecule has 9 heteroatoms. The van der Waals surface area contributed by atoms with Gasteiger partial charge in [0.1, 0.15) is 0 Å². The molecule has 1 aliphatic heterocycles. The van der Waals surface area contributed by atoms with Crippen LogP contribution in [0.5, 0.6) is 0 Å². The van der Waals surface area contributed by atoms with Gasteiger partial charge in [-0.3, -0.25) is 0 Å². The first kappa shape index (κ1) is 14.9. The van der Waals surface area contributed by atoms with Crippen LogP contribution in [0.4, 0.5) is 0 Å². The standard InChI is InChI=1S/C4H17P9/c5-10-4-3(12(6)7)1-2-11(4)13(8)9/h3-4,10H,1-2,5-9H2. The predicted octanol–water partition coefficient (Wildman–Crippen LogP) is 5.07. The van der Waals surface area contributed by atoms with E-state index in [4.69, 9.17) is 0 Å². The summed E-state index contributed by atoms with van der Waals surface area (Å²) in [6.45, 7) is 0.185. The van der Waals surface area contributed by atoms with E-state index in [0.717, 1.165) is 19.3 Å².